The summed E-state index contributed by atoms with van der Waals surface area (Å²) in [5.74, 6) is 1.05. The van der Waals surface area contributed by atoms with Crippen LogP contribution < -0.4 is 14.8 Å². The van der Waals surface area contributed by atoms with Crippen LogP contribution in [0.2, 0.25) is 0 Å². The molecule has 1 N–H and O–H groups in total. The lowest BCUT2D eigenvalue weighted by Gasteiger charge is -2.60. The highest BCUT2D eigenvalue weighted by atomic mass is 16.6. The maximum atomic E-state index is 13.3. The zero-order chi connectivity index (χ0) is 20.1. The molecule has 0 aromatic heterocycles. The average Bonchev–Trinajstić information content (AvgIpc) is 3.33. The van der Waals surface area contributed by atoms with Gasteiger partial charge in [-0.25, -0.2) is 0 Å². The molecule has 1 aromatic carbocycles. The number of carbonyl (C=O) groups excluding carboxylic acids is 1. The summed E-state index contributed by atoms with van der Waals surface area (Å²) in [6.45, 7) is 2.92. The first-order valence-corrected chi connectivity index (χ1v) is 10.3. The Morgan fingerprint density at radius 3 is 2.72 bits per heavy atom. The van der Waals surface area contributed by atoms with Crippen LogP contribution >= 0.6 is 0 Å². The molecule has 7 nitrogen and oxygen atoms in total. The Morgan fingerprint density at radius 1 is 1.28 bits per heavy atom. The van der Waals surface area contributed by atoms with Gasteiger partial charge in [0.25, 0.3) is 0 Å². The van der Waals surface area contributed by atoms with Crippen LogP contribution in [-0.4, -0.2) is 56.7 Å². The third-order valence-electron chi connectivity index (χ3n) is 8.12. The molecule has 4 fully saturated rings. The average molecular weight is 398 g/mol. The SMILES string of the molecule is C/C=C1/CN2C3CC45c6cc(OC)c(OC)cc6NC4(O3)C2CC1C5C(=O)OC. The van der Waals surface area contributed by atoms with Crippen LogP contribution in [0.3, 0.4) is 0 Å². The number of benzene rings is 1. The number of nitrogens with zero attached hydrogens (tertiary/aromatic N) is 1. The van der Waals surface area contributed by atoms with Gasteiger partial charge in [0.05, 0.1) is 38.7 Å². The number of allylic oxidation sites excluding steroid dienone is 1. The number of esters is 1. The largest absolute Gasteiger partial charge is 0.493 e. The molecule has 0 amide bonds. The molecule has 4 heterocycles. The van der Waals surface area contributed by atoms with Gasteiger partial charge < -0.3 is 24.3 Å². The Bertz CT molecular complexity index is 961. The molecule has 154 valence electrons. The lowest BCUT2D eigenvalue weighted by atomic mass is 9.49. The fourth-order valence-electron chi connectivity index (χ4n) is 7.12. The van der Waals surface area contributed by atoms with E-state index in [0.717, 1.165) is 30.6 Å². The fourth-order valence-corrected chi connectivity index (χ4v) is 7.12. The molecule has 1 spiro atoms. The Balaban J connectivity index is 1.64. The number of piperidine rings is 2. The Kier molecular flexibility index (Phi) is 3.31. The Labute approximate surface area is 169 Å². The normalized spacial score (nSPS) is 41.9. The van der Waals surface area contributed by atoms with Crippen LogP contribution in [-0.2, 0) is 19.7 Å². The second kappa shape index (κ2) is 5.46. The summed E-state index contributed by atoms with van der Waals surface area (Å²) < 4.78 is 23.3. The van der Waals surface area contributed by atoms with Crippen molar-refractivity contribution in [3.05, 3.63) is 29.3 Å². The first-order chi connectivity index (χ1) is 14.0. The number of carbonyl (C=O) groups is 1. The van der Waals surface area contributed by atoms with Crippen molar-refractivity contribution in [1.82, 2.24) is 4.90 Å². The van der Waals surface area contributed by atoms with E-state index in [-0.39, 0.29) is 30.1 Å². The number of methoxy groups -OCH3 is 3. The van der Waals surface area contributed by atoms with E-state index in [1.807, 2.05) is 12.1 Å². The highest BCUT2D eigenvalue weighted by Crippen LogP contribution is 2.72. The highest BCUT2D eigenvalue weighted by molar-refractivity contribution is 5.82. The quantitative estimate of drug-likeness (QED) is 0.619. The van der Waals surface area contributed by atoms with Crippen molar-refractivity contribution < 1.29 is 23.7 Å². The van der Waals surface area contributed by atoms with Gasteiger partial charge in [-0.15, -0.1) is 0 Å². The standard InChI is InChI=1S/C22H26N2O5/c1-5-11-10-24-17-6-12(11)19(20(25)28-4)21-9-18(24)29-22(17,21)23-14-8-16(27-3)15(26-2)7-13(14)21/h5,7-8,12,17-19,23H,6,9-10H2,1-4H3/b11-5-. The second-order valence-corrected chi connectivity index (χ2v) is 8.76. The summed E-state index contributed by atoms with van der Waals surface area (Å²) in [5.41, 5.74) is 2.25. The van der Waals surface area contributed by atoms with E-state index in [1.165, 1.54) is 12.7 Å². The zero-order valence-corrected chi connectivity index (χ0v) is 17.2. The first-order valence-electron chi connectivity index (χ1n) is 10.3. The second-order valence-electron chi connectivity index (χ2n) is 8.76. The molecule has 1 aliphatic carbocycles. The van der Waals surface area contributed by atoms with Gasteiger partial charge in [-0.05, 0) is 30.9 Å². The molecule has 1 saturated carbocycles. The predicted octanol–water partition coefficient (Wildman–Crippen LogP) is 2.26. The molecule has 5 aliphatic rings. The maximum absolute atomic E-state index is 13.3. The number of hydrogen-bond acceptors (Lipinski definition) is 7. The van der Waals surface area contributed by atoms with Gasteiger partial charge in [0.2, 0.25) is 0 Å². The fraction of sp³-hybridized carbons (Fsp3) is 0.591. The first kappa shape index (κ1) is 17.6. The van der Waals surface area contributed by atoms with Crippen LogP contribution in [0.5, 0.6) is 11.5 Å². The van der Waals surface area contributed by atoms with E-state index < -0.39 is 11.1 Å². The number of nitrogens with one attached hydrogen (secondary N) is 1. The van der Waals surface area contributed by atoms with Gasteiger partial charge in [-0.3, -0.25) is 9.69 Å². The lowest BCUT2D eigenvalue weighted by molar-refractivity contribution is -0.161. The van der Waals surface area contributed by atoms with Crippen LogP contribution in [0, 0.1) is 11.8 Å². The van der Waals surface area contributed by atoms with E-state index in [9.17, 15) is 4.79 Å². The summed E-state index contributed by atoms with van der Waals surface area (Å²) in [5, 5.41) is 3.72. The molecular formula is C22H26N2O5. The van der Waals surface area contributed by atoms with Crippen molar-refractivity contribution in [2.24, 2.45) is 11.8 Å². The third kappa shape index (κ3) is 1.73. The van der Waals surface area contributed by atoms with Gasteiger partial charge in [0, 0.05) is 24.7 Å². The monoisotopic (exact) mass is 398 g/mol. The number of ether oxygens (including phenoxy) is 4. The van der Waals surface area contributed by atoms with Crippen molar-refractivity contribution in [3.63, 3.8) is 0 Å². The lowest BCUT2D eigenvalue weighted by Crippen LogP contribution is -2.73. The smallest absolute Gasteiger partial charge is 0.310 e. The summed E-state index contributed by atoms with van der Waals surface area (Å²) in [7, 11) is 4.77. The minimum Gasteiger partial charge on any atom is -0.493 e. The molecule has 6 rings (SSSR count). The molecular weight excluding hydrogens is 372 g/mol. The van der Waals surface area contributed by atoms with Gasteiger partial charge in [-0.2, -0.15) is 0 Å². The molecule has 0 radical (unpaired) electrons. The van der Waals surface area contributed by atoms with E-state index in [4.69, 9.17) is 18.9 Å². The maximum Gasteiger partial charge on any atom is 0.310 e. The Hall–Kier alpha value is -2.25. The van der Waals surface area contributed by atoms with Crippen molar-refractivity contribution in [2.45, 2.75) is 43.2 Å². The molecule has 3 saturated heterocycles. The number of hydrogen-bond donors (Lipinski definition) is 1. The van der Waals surface area contributed by atoms with Crippen LogP contribution in [0.4, 0.5) is 5.69 Å². The number of rotatable bonds is 3. The zero-order valence-electron chi connectivity index (χ0n) is 17.2. The third-order valence-corrected chi connectivity index (χ3v) is 8.12. The van der Waals surface area contributed by atoms with Gasteiger partial charge in [-0.1, -0.05) is 11.6 Å². The van der Waals surface area contributed by atoms with E-state index in [2.05, 4.69) is 23.2 Å². The summed E-state index contributed by atoms with van der Waals surface area (Å²) in [6.07, 6.45) is 3.84. The number of fused-ring (bicyclic) bond motifs is 4. The van der Waals surface area contributed by atoms with Crippen molar-refractivity contribution in [3.8, 4) is 11.5 Å². The van der Waals surface area contributed by atoms with Gasteiger partial charge in [0.1, 0.15) is 6.23 Å². The molecule has 6 unspecified atom stereocenters. The minimum absolute atomic E-state index is 0.00268. The molecule has 29 heavy (non-hydrogen) atoms. The van der Waals surface area contributed by atoms with Crippen molar-refractivity contribution in [2.75, 3.05) is 33.2 Å². The molecule has 4 aliphatic heterocycles. The summed E-state index contributed by atoms with van der Waals surface area (Å²) >= 11 is 0. The Morgan fingerprint density at radius 2 is 2.03 bits per heavy atom. The van der Waals surface area contributed by atoms with Crippen molar-refractivity contribution in [1.29, 1.82) is 0 Å². The topological polar surface area (TPSA) is 69.3 Å². The summed E-state index contributed by atoms with van der Waals surface area (Å²) in [6, 6.07) is 4.24. The van der Waals surface area contributed by atoms with Crippen LogP contribution in [0.15, 0.2) is 23.8 Å². The van der Waals surface area contributed by atoms with Crippen LogP contribution in [0.1, 0.15) is 25.3 Å². The van der Waals surface area contributed by atoms with Crippen LogP contribution in [0.25, 0.3) is 0 Å². The number of anilines is 1. The highest BCUT2D eigenvalue weighted by Gasteiger charge is 2.82. The van der Waals surface area contributed by atoms with E-state index in [1.54, 1.807) is 14.2 Å². The van der Waals surface area contributed by atoms with Crippen molar-refractivity contribution >= 4 is 11.7 Å². The molecule has 7 heteroatoms. The molecule has 1 aromatic rings. The van der Waals surface area contributed by atoms with Gasteiger partial charge >= 0.3 is 5.97 Å². The molecule has 4 bridgehead atoms. The van der Waals surface area contributed by atoms with Gasteiger partial charge in [0.15, 0.2) is 17.2 Å². The minimum atomic E-state index is -0.619. The predicted molar refractivity (Wildman–Crippen MR) is 105 cm³/mol. The van der Waals surface area contributed by atoms with E-state index >= 15 is 0 Å². The molecule has 6 atom stereocenters. The van der Waals surface area contributed by atoms with E-state index in [0.29, 0.717) is 11.5 Å². The summed E-state index contributed by atoms with van der Waals surface area (Å²) in [4.78, 5) is 15.8.